The second-order valence-corrected chi connectivity index (χ2v) is 1.31. The minimum atomic E-state index is -0.998. The summed E-state index contributed by atoms with van der Waals surface area (Å²) >= 11 is 1.74. The van der Waals surface area contributed by atoms with Gasteiger partial charge < -0.3 is 0 Å². The molecule has 0 radical (unpaired) electrons. The standard InChI is InChI=1S/H4N5O3.Pt/c1-2-3-4-8-5(6)7;/h1-4H;/q-1;. The summed E-state index contributed by atoms with van der Waals surface area (Å²) in [5.74, 6) is 0. The minimum absolute atomic E-state index is 0.998. The van der Waals surface area contributed by atoms with E-state index in [0.717, 1.165) is 0 Å². The number of hydrogen-bond acceptors (Lipinski definition) is 7. The Hall–Kier alpha value is -0.272. The molecule has 9 heteroatoms. The van der Waals surface area contributed by atoms with Gasteiger partial charge in [0.1, 0.15) is 0 Å². The zero-order valence-electron chi connectivity index (χ0n) is 3.99. The molecule has 0 fully saturated rings. The monoisotopic (exact) mass is 317 g/mol. The molecular weight excluding hydrogens is 313 g/mol. The van der Waals surface area contributed by atoms with Gasteiger partial charge in [0.25, 0.3) is 0 Å². The second kappa shape index (κ2) is 5.86. The first kappa shape index (κ1) is 8.73. The van der Waals surface area contributed by atoms with Crippen molar-refractivity contribution in [2.24, 2.45) is 0 Å². The Bertz CT molecular complexity index is 84.3. The molecule has 0 bridgehead atoms. The maximum absolute atomic E-state index is 9.39. The van der Waals surface area contributed by atoms with E-state index in [2.05, 4.69) is 20.0 Å². The van der Waals surface area contributed by atoms with E-state index in [1.807, 2.05) is 0 Å². The van der Waals surface area contributed by atoms with Crippen LogP contribution in [0, 0.1) is 10.1 Å². The van der Waals surface area contributed by atoms with Crippen LogP contribution < -0.4 is 20.6 Å². The predicted octanol–water partition coefficient (Wildman–Crippen LogP) is -2.33. The first-order valence-corrected chi connectivity index (χ1v) is 2.80. The van der Waals surface area contributed by atoms with E-state index in [9.17, 15) is 10.1 Å². The average Bonchev–Trinajstić information content (AvgIpc) is 1.80. The zero-order chi connectivity index (χ0) is 7.11. The van der Waals surface area contributed by atoms with Crippen molar-refractivity contribution in [2.45, 2.75) is 0 Å². The fraction of sp³-hybridized carbons (Fsp3) is 0. The zero-order valence-corrected chi connectivity index (χ0v) is 6.26. The van der Waals surface area contributed by atoms with Gasteiger partial charge in [-0.25, -0.2) is 0 Å². The van der Waals surface area contributed by atoms with Gasteiger partial charge in [-0.2, -0.15) is 0 Å². The van der Waals surface area contributed by atoms with Crippen LogP contribution in [0.5, 0.6) is 0 Å². The van der Waals surface area contributed by atoms with Crippen LogP contribution in [0.1, 0.15) is 0 Å². The molecule has 0 heterocycles. The summed E-state index contributed by atoms with van der Waals surface area (Å²) in [5.41, 5.74) is 6.09. The van der Waals surface area contributed by atoms with E-state index < -0.39 is 5.09 Å². The van der Waals surface area contributed by atoms with Crippen LogP contribution in [-0.4, -0.2) is 5.09 Å². The van der Waals surface area contributed by atoms with E-state index in [1.165, 1.54) is 0 Å². The van der Waals surface area contributed by atoms with Crippen molar-refractivity contribution in [1.29, 1.82) is 0 Å². The van der Waals surface area contributed by atoms with Crippen LogP contribution in [0.3, 0.4) is 0 Å². The Labute approximate surface area is 61.5 Å². The SMILES string of the molecule is O=[N+]([O-])ONNN[NH][Pt-]. The van der Waals surface area contributed by atoms with Gasteiger partial charge in [-0.1, -0.05) is 0 Å². The molecule has 0 spiro atoms. The van der Waals surface area contributed by atoms with Gasteiger partial charge in [-0.15, -0.1) is 0 Å². The molecule has 0 saturated heterocycles. The number of nitrogens with one attached hydrogen (secondary N) is 4. The van der Waals surface area contributed by atoms with Crippen LogP contribution in [0.25, 0.3) is 0 Å². The molecule has 9 heavy (non-hydrogen) atoms. The number of hydrogen-bond donors (Lipinski definition) is 4. The van der Waals surface area contributed by atoms with Gasteiger partial charge in [0.15, 0.2) is 0 Å². The fourth-order valence-electron chi connectivity index (χ4n) is 0.105. The molecule has 0 aromatic rings. The van der Waals surface area contributed by atoms with Crippen molar-refractivity contribution in [2.75, 3.05) is 0 Å². The number of rotatable bonds is 5. The Morgan fingerprint density at radius 3 is 2.67 bits per heavy atom. The third-order valence-electron chi connectivity index (χ3n) is 0.273. The van der Waals surface area contributed by atoms with Gasteiger partial charge >= 0.3 is 60.8 Å². The topological polar surface area (TPSA) is 100 Å². The molecule has 0 aromatic carbocycles. The van der Waals surface area contributed by atoms with Gasteiger partial charge in [0.2, 0.25) is 0 Å². The Kier molecular flexibility index (Phi) is 5.68. The third-order valence-corrected chi connectivity index (χ3v) is 0.557. The average molecular weight is 317 g/mol. The molecule has 0 saturated carbocycles. The van der Waals surface area contributed by atoms with Crippen molar-refractivity contribution in [3.63, 3.8) is 0 Å². The normalized spacial score (nSPS) is 9.11. The molecule has 58 valence electrons. The van der Waals surface area contributed by atoms with Gasteiger partial charge in [-0.05, 0) is 0 Å². The van der Waals surface area contributed by atoms with Crippen molar-refractivity contribution >= 4 is 0 Å². The summed E-state index contributed by atoms with van der Waals surface area (Å²) in [7, 11) is 0. The van der Waals surface area contributed by atoms with Crippen molar-refractivity contribution < 1.29 is 30.1 Å². The van der Waals surface area contributed by atoms with E-state index in [4.69, 9.17) is 0 Å². The quantitative estimate of drug-likeness (QED) is 0.256. The molecular formula is H4N5O3Pt-. The molecule has 0 unspecified atom stereocenters. The van der Waals surface area contributed by atoms with Crippen molar-refractivity contribution in [3.8, 4) is 0 Å². The van der Waals surface area contributed by atoms with Gasteiger partial charge in [-0.3, -0.25) is 0 Å². The Morgan fingerprint density at radius 1 is 1.56 bits per heavy atom. The van der Waals surface area contributed by atoms with Crippen molar-refractivity contribution in [3.05, 3.63) is 10.1 Å². The summed E-state index contributed by atoms with van der Waals surface area (Å²) in [6, 6.07) is 0. The molecule has 0 aliphatic heterocycles. The van der Waals surface area contributed by atoms with Crippen molar-refractivity contribution in [1.82, 2.24) is 20.6 Å². The molecule has 0 aliphatic carbocycles. The molecule has 0 aromatic heterocycles. The van der Waals surface area contributed by atoms with Gasteiger partial charge in [0, 0.05) is 0 Å². The molecule has 0 atom stereocenters. The molecule has 0 rings (SSSR count). The van der Waals surface area contributed by atoms with Crippen LogP contribution in [0.2, 0.25) is 0 Å². The second-order valence-electron chi connectivity index (χ2n) is 0.746. The summed E-state index contributed by atoms with van der Waals surface area (Å²) in [6.07, 6.45) is 0. The predicted molar refractivity (Wildman–Crippen MR) is 20.6 cm³/mol. The van der Waals surface area contributed by atoms with Gasteiger partial charge in [0.05, 0.1) is 0 Å². The van der Waals surface area contributed by atoms with Crippen LogP contribution in [0.4, 0.5) is 0 Å². The Balaban J connectivity index is 2.83. The number of hydrazine groups is 3. The molecule has 4 N–H and O–H groups in total. The summed E-state index contributed by atoms with van der Waals surface area (Å²) in [4.78, 5) is 13.0. The molecule has 0 aliphatic rings. The summed E-state index contributed by atoms with van der Waals surface area (Å²) in [6.45, 7) is 0. The third kappa shape index (κ3) is 7.73. The molecule has 0 amide bonds. The van der Waals surface area contributed by atoms with Crippen LogP contribution >= 0.6 is 0 Å². The summed E-state index contributed by atoms with van der Waals surface area (Å²) < 4.78 is 2.39. The van der Waals surface area contributed by atoms with E-state index in [0.29, 0.717) is 0 Å². The van der Waals surface area contributed by atoms with Crippen LogP contribution in [0.15, 0.2) is 0 Å². The van der Waals surface area contributed by atoms with Crippen LogP contribution in [-0.2, 0) is 25.0 Å². The number of nitrogens with zero attached hydrogens (tertiary/aromatic N) is 1. The summed E-state index contributed by atoms with van der Waals surface area (Å²) in [5, 5.41) is 8.40. The van der Waals surface area contributed by atoms with E-state index in [-0.39, 0.29) is 0 Å². The van der Waals surface area contributed by atoms with E-state index >= 15 is 0 Å². The first-order chi connectivity index (χ1) is 4.27. The molecule has 8 nitrogen and oxygen atoms in total. The fourth-order valence-corrected chi connectivity index (χ4v) is 0.247. The van der Waals surface area contributed by atoms with E-state index in [1.54, 1.807) is 25.7 Å². The first-order valence-electron chi connectivity index (χ1n) is 1.66. The maximum atomic E-state index is 9.39. The Morgan fingerprint density at radius 2 is 2.22 bits per heavy atom.